The maximum absolute atomic E-state index is 4.69. The zero-order valence-corrected chi connectivity index (χ0v) is 17.4. The summed E-state index contributed by atoms with van der Waals surface area (Å²) in [6.07, 6.45) is 7.96. The molecular weight excluding hydrogens is 377 g/mol. The second kappa shape index (κ2) is 8.90. The molecule has 0 bridgehead atoms. The topological polar surface area (TPSA) is 30.7 Å². The van der Waals surface area contributed by atoms with Crippen LogP contribution in [0.5, 0.6) is 0 Å². The number of nitrogens with zero attached hydrogens (tertiary/aromatic N) is 3. The van der Waals surface area contributed by atoms with Gasteiger partial charge in [0, 0.05) is 0 Å². The van der Waals surface area contributed by atoms with E-state index in [1.54, 1.807) is 0 Å². The molecule has 1 heterocycles. The van der Waals surface area contributed by atoms with Crippen LogP contribution in [0.2, 0.25) is 13.3 Å². The van der Waals surface area contributed by atoms with Crippen molar-refractivity contribution in [3.8, 4) is 0 Å². The quantitative estimate of drug-likeness (QED) is 0.478. The first-order chi connectivity index (χ1) is 10.8. The number of hydrogen-bond acceptors (Lipinski definition) is 2. The molecule has 0 spiro atoms. The first-order valence-electron chi connectivity index (χ1n) is 9.08. The van der Waals surface area contributed by atoms with Crippen molar-refractivity contribution in [2.24, 2.45) is 0 Å². The van der Waals surface area contributed by atoms with Gasteiger partial charge < -0.3 is 0 Å². The van der Waals surface area contributed by atoms with Gasteiger partial charge in [0.15, 0.2) is 0 Å². The molecule has 3 nitrogen and oxygen atoms in total. The summed E-state index contributed by atoms with van der Waals surface area (Å²) in [6.45, 7) is 6.95. The van der Waals surface area contributed by atoms with Crippen LogP contribution in [0.1, 0.15) is 59.3 Å². The van der Waals surface area contributed by atoms with E-state index in [1.807, 2.05) is 0 Å². The van der Waals surface area contributed by atoms with Crippen LogP contribution < -0.4 is 0 Å². The Morgan fingerprint density at radius 2 is 1.41 bits per heavy atom. The second-order valence-corrected chi connectivity index (χ2v) is 19.0. The van der Waals surface area contributed by atoms with Gasteiger partial charge in [0.25, 0.3) is 0 Å². The first-order valence-corrected chi connectivity index (χ1v) is 16.4. The van der Waals surface area contributed by atoms with Gasteiger partial charge in [0.05, 0.1) is 0 Å². The predicted molar refractivity (Wildman–Crippen MR) is 97.8 cm³/mol. The molecule has 0 unspecified atom stereocenters. The predicted octanol–water partition coefficient (Wildman–Crippen LogP) is 5.63. The molecule has 0 atom stereocenters. The van der Waals surface area contributed by atoms with Crippen LogP contribution >= 0.6 is 0 Å². The van der Waals surface area contributed by atoms with E-state index in [0.717, 1.165) is 5.52 Å². The summed E-state index contributed by atoms with van der Waals surface area (Å²) < 4.78 is 6.76. The van der Waals surface area contributed by atoms with Crippen LogP contribution in [0.15, 0.2) is 24.3 Å². The molecule has 22 heavy (non-hydrogen) atoms. The molecule has 0 aliphatic carbocycles. The summed E-state index contributed by atoms with van der Waals surface area (Å²) >= 11 is -2.50. The molecule has 0 aliphatic rings. The van der Waals surface area contributed by atoms with Crippen LogP contribution in [0, 0.1) is 0 Å². The summed E-state index contributed by atoms with van der Waals surface area (Å²) in [5.41, 5.74) is 2.37. The zero-order valence-electron chi connectivity index (χ0n) is 14.5. The summed E-state index contributed by atoms with van der Waals surface area (Å²) in [5, 5.41) is 9.16. The van der Waals surface area contributed by atoms with E-state index in [-0.39, 0.29) is 0 Å². The van der Waals surface area contributed by atoms with Crippen LogP contribution in [0.4, 0.5) is 0 Å². The van der Waals surface area contributed by atoms with Crippen molar-refractivity contribution in [1.29, 1.82) is 0 Å². The standard InChI is InChI=1S/C6H4N3.3C4H9.Sn/c1-2-4-6-5(3-1)7-9-8-6;3*1-3-4-2;/h1-4H;3*1,3-4H2,2H3;/q-1;;;;+1. The first kappa shape index (κ1) is 17.8. The van der Waals surface area contributed by atoms with Crippen LogP contribution in [-0.2, 0) is 0 Å². The molecule has 0 saturated carbocycles. The van der Waals surface area contributed by atoms with Crippen LogP contribution in [0.25, 0.3) is 11.0 Å². The molecule has 2 rings (SSSR count). The molecule has 4 heteroatoms. The molecule has 0 saturated heterocycles. The van der Waals surface area contributed by atoms with Gasteiger partial charge in [-0.25, -0.2) is 0 Å². The van der Waals surface area contributed by atoms with Gasteiger partial charge >= 0.3 is 140 Å². The van der Waals surface area contributed by atoms with E-state index in [9.17, 15) is 0 Å². The molecule has 0 fully saturated rings. The zero-order chi connectivity index (χ0) is 15.8. The average molecular weight is 408 g/mol. The third-order valence-corrected chi connectivity index (χ3v) is 19.3. The van der Waals surface area contributed by atoms with E-state index in [4.69, 9.17) is 0 Å². The van der Waals surface area contributed by atoms with Gasteiger partial charge in [-0.05, 0) is 0 Å². The molecule has 0 aliphatic heterocycles. The van der Waals surface area contributed by atoms with Gasteiger partial charge in [-0.3, -0.25) is 0 Å². The van der Waals surface area contributed by atoms with Crippen LogP contribution in [-0.4, -0.2) is 31.9 Å². The number of unbranched alkanes of at least 4 members (excludes halogenated alkanes) is 3. The van der Waals surface area contributed by atoms with E-state index in [1.165, 1.54) is 57.4 Å². The van der Waals surface area contributed by atoms with E-state index in [2.05, 4.69) is 58.3 Å². The second-order valence-electron chi connectivity index (χ2n) is 6.52. The number of hydrogen-bond donors (Lipinski definition) is 0. The van der Waals surface area contributed by atoms with E-state index >= 15 is 0 Å². The molecule has 1 aromatic heterocycles. The van der Waals surface area contributed by atoms with Gasteiger partial charge in [0.2, 0.25) is 0 Å². The summed E-state index contributed by atoms with van der Waals surface area (Å²) in [7, 11) is 0. The van der Waals surface area contributed by atoms with Crippen molar-refractivity contribution in [3.05, 3.63) is 24.3 Å². The average Bonchev–Trinajstić information content (AvgIpc) is 2.99. The fourth-order valence-corrected chi connectivity index (χ4v) is 18.7. The minimum absolute atomic E-state index is 1.08. The molecule has 0 N–H and O–H groups in total. The molecule has 0 amide bonds. The third-order valence-electron chi connectivity index (χ3n) is 4.79. The normalized spacial score (nSPS) is 12.1. The third kappa shape index (κ3) is 4.03. The van der Waals surface area contributed by atoms with E-state index in [0.29, 0.717) is 0 Å². The minimum atomic E-state index is -2.50. The Kier molecular flexibility index (Phi) is 7.19. The van der Waals surface area contributed by atoms with Crippen molar-refractivity contribution in [2.45, 2.75) is 72.6 Å². The number of aromatic nitrogens is 3. The Bertz CT molecular complexity index is 542. The Labute approximate surface area is 139 Å². The van der Waals surface area contributed by atoms with Crippen molar-refractivity contribution >= 4 is 29.7 Å². The number of benzene rings is 1. The van der Waals surface area contributed by atoms with Gasteiger partial charge in [-0.15, -0.1) is 0 Å². The van der Waals surface area contributed by atoms with Crippen molar-refractivity contribution in [1.82, 2.24) is 13.2 Å². The fourth-order valence-electron chi connectivity index (χ4n) is 3.43. The summed E-state index contributed by atoms with van der Waals surface area (Å²) in [4.78, 5) is 0. The number of rotatable bonds is 10. The van der Waals surface area contributed by atoms with Crippen molar-refractivity contribution in [3.63, 3.8) is 0 Å². The SMILES string of the molecule is CCC[CH2][Sn]([CH2]CCC)([CH2]CCC)[n]1nnc2ccccc21. The van der Waals surface area contributed by atoms with Crippen molar-refractivity contribution in [2.75, 3.05) is 0 Å². The Hall–Kier alpha value is -0.581. The number of fused-ring (bicyclic) bond motifs is 1. The van der Waals surface area contributed by atoms with E-state index < -0.39 is 18.7 Å². The molecule has 0 radical (unpaired) electrons. The Morgan fingerprint density at radius 3 is 1.95 bits per heavy atom. The summed E-state index contributed by atoms with van der Waals surface area (Å²) in [5.74, 6) is 0. The number of para-hydroxylation sites is 1. The summed E-state index contributed by atoms with van der Waals surface area (Å²) in [6, 6.07) is 8.54. The molecular formula is C18H31N3Sn. The van der Waals surface area contributed by atoms with Gasteiger partial charge in [-0.1, -0.05) is 0 Å². The van der Waals surface area contributed by atoms with Gasteiger partial charge in [-0.2, -0.15) is 0 Å². The van der Waals surface area contributed by atoms with Crippen LogP contribution in [0.3, 0.4) is 0 Å². The monoisotopic (exact) mass is 409 g/mol. The maximum atomic E-state index is 4.69. The Morgan fingerprint density at radius 1 is 0.864 bits per heavy atom. The fraction of sp³-hybridized carbons (Fsp3) is 0.667. The van der Waals surface area contributed by atoms with Gasteiger partial charge in [0.1, 0.15) is 0 Å². The molecule has 122 valence electrons. The van der Waals surface area contributed by atoms with Crippen molar-refractivity contribution < 1.29 is 0 Å². The molecule has 1 aromatic carbocycles. The molecule has 2 aromatic rings. The Balaban J connectivity index is 2.42.